The van der Waals surface area contributed by atoms with Crippen LogP contribution in [0.25, 0.3) is 0 Å². The zero-order valence-electron chi connectivity index (χ0n) is 20.4. The smallest absolute Gasteiger partial charge is 0.343 e. The second-order valence-corrected chi connectivity index (χ2v) is 11.4. The summed E-state index contributed by atoms with van der Waals surface area (Å²) in [6, 6.07) is 14.0. The Morgan fingerprint density at radius 3 is 2.34 bits per heavy atom. The number of ether oxygens (including phenoxy) is 2. The zero-order valence-corrected chi connectivity index (χ0v) is 21.3. The summed E-state index contributed by atoms with van der Waals surface area (Å²) < 4.78 is 10.6. The second kappa shape index (κ2) is 9.04. The minimum absolute atomic E-state index is 0.0227. The number of carbonyl (C=O) groups excluding carboxylic acids is 2. The fourth-order valence-electron chi connectivity index (χ4n) is 4.83. The summed E-state index contributed by atoms with van der Waals surface area (Å²) in [6.45, 7) is 6.90. The maximum absolute atomic E-state index is 13.1. The molecule has 0 fully saturated rings. The minimum Gasteiger partial charge on any atom is -0.497 e. The average molecular weight is 491 g/mol. The van der Waals surface area contributed by atoms with Gasteiger partial charge in [0.15, 0.2) is 0 Å². The molecule has 2 N–H and O–H groups in total. The molecule has 1 aliphatic carbocycles. The summed E-state index contributed by atoms with van der Waals surface area (Å²) in [5.41, 5.74) is 3.64. The van der Waals surface area contributed by atoms with Gasteiger partial charge in [0.1, 0.15) is 22.7 Å². The maximum atomic E-state index is 13.1. The molecule has 0 spiro atoms. The van der Waals surface area contributed by atoms with Crippen LogP contribution < -0.4 is 20.1 Å². The number of fused-ring (bicyclic) bond motifs is 3. The van der Waals surface area contributed by atoms with Crippen molar-refractivity contribution in [3.8, 4) is 11.5 Å². The molecule has 35 heavy (non-hydrogen) atoms. The summed E-state index contributed by atoms with van der Waals surface area (Å²) in [4.78, 5) is 26.8. The topological polar surface area (TPSA) is 76.7 Å². The van der Waals surface area contributed by atoms with Crippen LogP contribution >= 0.6 is 11.3 Å². The molecule has 0 saturated carbocycles. The lowest BCUT2D eigenvalue weighted by atomic mass is 9.72. The molecule has 182 valence electrons. The van der Waals surface area contributed by atoms with E-state index >= 15 is 0 Å². The van der Waals surface area contributed by atoms with Crippen molar-refractivity contribution < 1.29 is 19.1 Å². The highest BCUT2D eigenvalue weighted by atomic mass is 32.1. The van der Waals surface area contributed by atoms with Crippen LogP contribution in [0.2, 0.25) is 0 Å². The number of methoxy groups -OCH3 is 1. The van der Waals surface area contributed by atoms with E-state index in [0.29, 0.717) is 23.0 Å². The largest absolute Gasteiger partial charge is 0.497 e. The third kappa shape index (κ3) is 4.65. The highest BCUT2D eigenvalue weighted by Gasteiger charge is 2.36. The first-order chi connectivity index (χ1) is 16.7. The molecule has 0 radical (unpaired) electrons. The molecule has 3 aromatic rings. The van der Waals surface area contributed by atoms with E-state index in [1.165, 1.54) is 10.4 Å². The average Bonchev–Trinajstić information content (AvgIpc) is 3.22. The van der Waals surface area contributed by atoms with Crippen LogP contribution in [-0.2, 0) is 12.8 Å². The summed E-state index contributed by atoms with van der Waals surface area (Å²) in [6.07, 6.45) is 2.77. The number of rotatable bonds is 4. The van der Waals surface area contributed by atoms with Crippen molar-refractivity contribution in [2.24, 2.45) is 11.3 Å². The highest BCUT2D eigenvalue weighted by Crippen LogP contribution is 2.46. The molecule has 1 aliphatic heterocycles. The number of nitrogens with one attached hydrogen (secondary N) is 2. The number of carbonyl (C=O) groups is 2. The molecule has 0 saturated heterocycles. The Morgan fingerprint density at radius 1 is 1.00 bits per heavy atom. The molecule has 2 aromatic carbocycles. The van der Waals surface area contributed by atoms with E-state index in [1.807, 2.05) is 12.1 Å². The summed E-state index contributed by atoms with van der Waals surface area (Å²) in [5.74, 6) is 1.29. The summed E-state index contributed by atoms with van der Waals surface area (Å²) in [5, 5.41) is 7.57. The first-order valence-corrected chi connectivity index (χ1v) is 12.7. The molecular weight excluding hydrogens is 460 g/mol. The van der Waals surface area contributed by atoms with Crippen LogP contribution in [0.15, 0.2) is 48.5 Å². The number of esters is 1. The van der Waals surface area contributed by atoms with Gasteiger partial charge in [0.05, 0.1) is 18.2 Å². The fourth-order valence-corrected chi connectivity index (χ4v) is 6.18. The molecule has 1 aromatic heterocycles. The Hall–Kier alpha value is -3.32. The number of amides is 1. The Labute approximate surface area is 209 Å². The summed E-state index contributed by atoms with van der Waals surface area (Å²) in [7, 11) is 1.58. The van der Waals surface area contributed by atoms with Crippen LogP contribution in [0.5, 0.6) is 11.5 Å². The van der Waals surface area contributed by atoms with Crippen molar-refractivity contribution in [2.75, 3.05) is 12.4 Å². The molecular formula is C28H30N2O4S. The van der Waals surface area contributed by atoms with E-state index in [9.17, 15) is 9.59 Å². The van der Waals surface area contributed by atoms with E-state index in [4.69, 9.17) is 9.47 Å². The quantitative estimate of drug-likeness (QED) is 0.347. The molecule has 1 amide bonds. The van der Waals surface area contributed by atoms with E-state index in [2.05, 4.69) is 31.4 Å². The molecule has 0 bridgehead atoms. The molecule has 2 heterocycles. The van der Waals surface area contributed by atoms with E-state index in [1.54, 1.807) is 54.8 Å². The van der Waals surface area contributed by atoms with Crippen molar-refractivity contribution in [3.05, 3.63) is 75.7 Å². The Bertz CT molecular complexity index is 1260. The van der Waals surface area contributed by atoms with Gasteiger partial charge in [0, 0.05) is 4.88 Å². The van der Waals surface area contributed by atoms with Crippen molar-refractivity contribution >= 4 is 28.2 Å². The van der Waals surface area contributed by atoms with Gasteiger partial charge in [-0.25, -0.2) is 4.79 Å². The van der Waals surface area contributed by atoms with Crippen LogP contribution in [0.3, 0.4) is 0 Å². The number of hydrogen-bond donors (Lipinski definition) is 2. The van der Waals surface area contributed by atoms with Gasteiger partial charge in [0.25, 0.3) is 5.91 Å². The lowest BCUT2D eigenvalue weighted by Gasteiger charge is -2.34. The first kappa shape index (κ1) is 23.4. The van der Waals surface area contributed by atoms with Crippen molar-refractivity contribution in [1.82, 2.24) is 5.32 Å². The molecule has 6 nitrogen and oxygen atoms in total. The van der Waals surface area contributed by atoms with Gasteiger partial charge in [-0.05, 0) is 78.1 Å². The van der Waals surface area contributed by atoms with Crippen LogP contribution in [-0.4, -0.2) is 19.0 Å². The van der Waals surface area contributed by atoms with E-state index in [-0.39, 0.29) is 17.5 Å². The van der Waals surface area contributed by atoms with Gasteiger partial charge in [-0.3, -0.25) is 4.79 Å². The Morgan fingerprint density at radius 2 is 1.69 bits per heavy atom. The number of thiophene rings is 1. The van der Waals surface area contributed by atoms with Crippen molar-refractivity contribution in [1.29, 1.82) is 0 Å². The van der Waals surface area contributed by atoms with Gasteiger partial charge in [-0.2, -0.15) is 0 Å². The third-order valence-corrected chi connectivity index (χ3v) is 8.20. The predicted octanol–water partition coefficient (Wildman–Crippen LogP) is 5.98. The minimum atomic E-state index is -0.438. The second-order valence-electron chi connectivity index (χ2n) is 10.3. The lowest BCUT2D eigenvalue weighted by Crippen LogP contribution is -2.38. The Balaban J connectivity index is 1.29. The highest BCUT2D eigenvalue weighted by molar-refractivity contribution is 7.16. The van der Waals surface area contributed by atoms with Crippen molar-refractivity contribution in [3.63, 3.8) is 0 Å². The predicted molar refractivity (Wildman–Crippen MR) is 138 cm³/mol. The van der Waals surface area contributed by atoms with Crippen molar-refractivity contribution in [2.45, 2.75) is 46.2 Å². The third-order valence-electron chi connectivity index (χ3n) is 7.02. The number of benzene rings is 2. The lowest BCUT2D eigenvalue weighted by molar-refractivity contribution is 0.0734. The van der Waals surface area contributed by atoms with Crippen LogP contribution in [0.1, 0.15) is 70.1 Å². The molecule has 2 aliphatic rings. The van der Waals surface area contributed by atoms with E-state index in [0.717, 1.165) is 35.4 Å². The Kier molecular flexibility index (Phi) is 6.05. The van der Waals surface area contributed by atoms with E-state index < -0.39 is 5.97 Å². The fraction of sp³-hybridized carbons (Fsp3) is 0.357. The SMILES string of the molecule is COc1ccc(C(=O)Oc2ccc([C@@H]3NC(=O)c4c(sc5c4CC[C@H](C(C)(C)C)C5)N3)cc2)cc1. The monoisotopic (exact) mass is 490 g/mol. The molecule has 7 heteroatoms. The molecule has 2 atom stereocenters. The molecule has 5 rings (SSSR count). The van der Waals surface area contributed by atoms with Crippen LogP contribution in [0.4, 0.5) is 5.00 Å². The zero-order chi connectivity index (χ0) is 24.7. The standard InChI is InChI=1S/C28H30N2O4S/c1-28(2,3)18-9-14-21-22(15-18)35-26-23(21)25(31)29-24(30-26)16-5-12-20(13-6-16)34-27(32)17-7-10-19(33-4)11-8-17/h5-8,10-13,18,24,30H,9,14-15H2,1-4H3,(H,29,31)/t18-,24+/m0/s1. The first-order valence-electron chi connectivity index (χ1n) is 11.9. The van der Waals surface area contributed by atoms with Crippen LogP contribution in [0, 0.1) is 11.3 Å². The van der Waals surface area contributed by atoms with Gasteiger partial charge in [-0.1, -0.05) is 32.9 Å². The van der Waals surface area contributed by atoms with Gasteiger partial charge < -0.3 is 20.1 Å². The molecule has 0 unspecified atom stereocenters. The van der Waals surface area contributed by atoms with Gasteiger partial charge in [0.2, 0.25) is 0 Å². The summed E-state index contributed by atoms with van der Waals surface area (Å²) >= 11 is 1.72. The number of anilines is 1. The number of hydrogen-bond acceptors (Lipinski definition) is 6. The maximum Gasteiger partial charge on any atom is 0.343 e. The van der Waals surface area contributed by atoms with Gasteiger partial charge in [-0.15, -0.1) is 11.3 Å². The normalized spacial score (nSPS) is 19.1. The van der Waals surface area contributed by atoms with Gasteiger partial charge >= 0.3 is 5.97 Å².